The number of hydrogen-bond donors (Lipinski definition) is 2. The molecular formula is C6H14N2OS. The van der Waals surface area contributed by atoms with Crippen molar-refractivity contribution in [3.05, 3.63) is 0 Å². The van der Waals surface area contributed by atoms with E-state index >= 15 is 0 Å². The molecule has 1 rings (SSSR count). The van der Waals surface area contributed by atoms with Gasteiger partial charge in [-0.15, -0.1) is 0 Å². The first kappa shape index (κ1) is 8.33. The molecule has 0 radical (unpaired) electrons. The van der Waals surface area contributed by atoms with Gasteiger partial charge in [-0.3, -0.25) is 10.6 Å². The molecule has 3 nitrogen and oxygen atoms in total. The second kappa shape index (κ2) is 3.57. The third-order valence-corrected chi connectivity index (χ3v) is 2.46. The molecule has 4 heteroatoms. The molecule has 0 aliphatic carbocycles. The molecule has 10 heavy (non-hydrogen) atoms. The summed E-state index contributed by atoms with van der Waals surface area (Å²) in [5.41, 5.74) is 0. The van der Waals surface area contributed by atoms with E-state index < -0.39 is 0 Å². The van der Waals surface area contributed by atoms with Gasteiger partial charge in [0.25, 0.3) is 0 Å². The van der Waals surface area contributed by atoms with Gasteiger partial charge in [-0.1, -0.05) is 11.8 Å². The van der Waals surface area contributed by atoms with Gasteiger partial charge >= 0.3 is 0 Å². The minimum Gasteiger partial charge on any atom is -0.339 e. The van der Waals surface area contributed by atoms with Crippen LogP contribution in [0.5, 0.6) is 0 Å². The molecule has 0 bridgehead atoms. The Morgan fingerprint density at radius 2 is 2.10 bits per heavy atom. The standard InChI is InChI=1S/C6H14N2OS/c1-3-9-6(10-2)7-4-5-8-6/h7-8H,3-5H2,1-2H3. The van der Waals surface area contributed by atoms with E-state index in [4.69, 9.17) is 4.74 Å². The fraction of sp³-hybridized carbons (Fsp3) is 1.00. The van der Waals surface area contributed by atoms with Gasteiger partial charge in [0.2, 0.25) is 5.18 Å². The Balaban J connectivity index is 2.41. The van der Waals surface area contributed by atoms with Crippen LogP contribution in [0.3, 0.4) is 0 Å². The Kier molecular flexibility index (Phi) is 2.97. The van der Waals surface area contributed by atoms with E-state index in [9.17, 15) is 0 Å². The number of hydrogen-bond acceptors (Lipinski definition) is 4. The van der Waals surface area contributed by atoms with E-state index in [1.54, 1.807) is 11.8 Å². The Morgan fingerprint density at radius 3 is 2.50 bits per heavy atom. The first-order chi connectivity index (χ1) is 4.83. The highest BCUT2D eigenvalue weighted by molar-refractivity contribution is 7.99. The summed E-state index contributed by atoms with van der Waals surface area (Å²) in [6, 6.07) is 0. The summed E-state index contributed by atoms with van der Waals surface area (Å²) in [6.45, 7) is 4.71. The number of ether oxygens (including phenoxy) is 1. The quantitative estimate of drug-likeness (QED) is 0.580. The lowest BCUT2D eigenvalue weighted by molar-refractivity contribution is 0.00752. The van der Waals surface area contributed by atoms with E-state index in [0.29, 0.717) is 0 Å². The molecule has 0 amide bonds. The summed E-state index contributed by atoms with van der Waals surface area (Å²) in [7, 11) is 0. The second-order valence-corrected chi connectivity index (χ2v) is 3.09. The Bertz CT molecular complexity index is 104. The van der Waals surface area contributed by atoms with Crippen molar-refractivity contribution in [2.75, 3.05) is 26.0 Å². The molecular weight excluding hydrogens is 148 g/mol. The fourth-order valence-electron chi connectivity index (χ4n) is 1.03. The summed E-state index contributed by atoms with van der Waals surface area (Å²) in [5.74, 6) is 0. The van der Waals surface area contributed by atoms with Crippen molar-refractivity contribution in [1.82, 2.24) is 10.6 Å². The molecule has 0 saturated carbocycles. The molecule has 1 aliphatic heterocycles. The van der Waals surface area contributed by atoms with Crippen molar-refractivity contribution in [2.45, 2.75) is 12.1 Å². The highest BCUT2D eigenvalue weighted by Gasteiger charge is 2.32. The lowest BCUT2D eigenvalue weighted by Gasteiger charge is -2.26. The minimum atomic E-state index is -0.297. The fourth-order valence-corrected chi connectivity index (χ4v) is 1.75. The van der Waals surface area contributed by atoms with Gasteiger partial charge in [0, 0.05) is 19.7 Å². The van der Waals surface area contributed by atoms with Gasteiger partial charge in [0.05, 0.1) is 0 Å². The van der Waals surface area contributed by atoms with Crippen LogP contribution in [-0.4, -0.2) is 31.1 Å². The van der Waals surface area contributed by atoms with Crippen molar-refractivity contribution in [3.63, 3.8) is 0 Å². The second-order valence-electron chi connectivity index (χ2n) is 2.11. The number of rotatable bonds is 3. The third kappa shape index (κ3) is 1.63. The predicted octanol–water partition coefficient (Wildman–Crippen LogP) is 0.190. The van der Waals surface area contributed by atoms with Crippen LogP contribution >= 0.6 is 11.8 Å². The van der Waals surface area contributed by atoms with Crippen LogP contribution in [0.15, 0.2) is 0 Å². The lowest BCUT2D eigenvalue weighted by Crippen LogP contribution is -2.48. The SMILES string of the molecule is CCOC1(SC)NCCN1. The Morgan fingerprint density at radius 1 is 1.50 bits per heavy atom. The summed E-state index contributed by atoms with van der Waals surface area (Å²) < 4.78 is 5.48. The summed E-state index contributed by atoms with van der Waals surface area (Å²) in [6.07, 6.45) is 2.03. The zero-order chi connectivity index (χ0) is 7.45. The maximum atomic E-state index is 5.48. The van der Waals surface area contributed by atoms with Crippen molar-refractivity contribution in [3.8, 4) is 0 Å². The highest BCUT2D eigenvalue weighted by Crippen LogP contribution is 2.19. The molecule has 0 spiro atoms. The van der Waals surface area contributed by atoms with Crippen molar-refractivity contribution in [1.29, 1.82) is 0 Å². The van der Waals surface area contributed by atoms with Crippen LogP contribution < -0.4 is 10.6 Å². The molecule has 1 heterocycles. The van der Waals surface area contributed by atoms with Crippen molar-refractivity contribution >= 4 is 11.8 Å². The topological polar surface area (TPSA) is 33.3 Å². The normalized spacial score (nSPS) is 23.4. The van der Waals surface area contributed by atoms with Gasteiger partial charge in [-0.25, -0.2) is 0 Å². The largest absolute Gasteiger partial charge is 0.339 e. The molecule has 0 unspecified atom stereocenters. The molecule has 0 atom stereocenters. The minimum absolute atomic E-state index is 0.297. The van der Waals surface area contributed by atoms with Crippen LogP contribution in [0.2, 0.25) is 0 Å². The average Bonchev–Trinajstić information content (AvgIpc) is 2.39. The maximum Gasteiger partial charge on any atom is 0.225 e. The summed E-state index contributed by atoms with van der Waals surface area (Å²) >= 11 is 1.66. The Labute approximate surface area is 65.9 Å². The van der Waals surface area contributed by atoms with E-state index in [1.807, 2.05) is 13.2 Å². The third-order valence-electron chi connectivity index (χ3n) is 1.48. The van der Waals surface area contributed by atoms with Crippen LogP contribution in [0.25, 0.3) is 0 Å². The van der Waals surface area contributed by atoms with Gasteiger partial charge < -0.3 is 4.74 Å². The van der Waals surface area contributed by atoms with Gasteiger partial charge in [-0.2, -0.15) is 0 Å². The molecule has 0 aromatic heterocycles. The highest BCUT2D eigenvalue weighted by atomic mass is 32.2. The van der Waals surface area contributed by atoms with Crippen molar-refractivity contribution < 1.29 is 4.74 Å². The summed E-state index contributed by atoms with van der Waals surface area (Å²) in [5, 5.41) is 6.20. The smallest absolute Gasteiger partial charge is 0.225 e. The van der Waals surface area contributed by atoms with Crippen LogP contribution in [0.1, 0.15) is 6.92 Å². The van der Waals surface area contributed by atoms with E-state index in [1.165, 1.54) is 0 Å². The monoisotopic (exact) mass is 162 g/mol. The Hall–Kier alpha value is 0.230. The van der Waals surface area contributed by atoms with Crippen molar-refractivity contribution in [2.24, 2.45) is 0 Å². The maximum absolute atomic E-state index is 5.48. The van der Waals surface area contributed by atoms with Gasteiger partial charge in [-0.05, 0) is 13.2 Å². The van der Waals surface area contributed by atoms with Crippen LogP contribution in [0, 0.1) is 0 Å². The van der Waals surface area contributed by atoms with Gasteiger partial charge in [0.1, 0.15) is 0 Å². The van der Waals surface area contributed by atoms with Crippen LogP contribution in [0.4, 0.5) is 0 Å². The molecule has 0 aromatic rings. The van der Waals surface area contributed by atoms with E-state index in [2.05, 4.69) is 10.6 Å². The number of nitrogens with one attached hydrogen (secondary N) is 2. The predicted molar refractivity (Wildman–Crippen MR) is 43.9 cm³/mol. The molecule has 0 aromatic carbocycles. The molecule has 2 N–H and O–H groups in total. The lowest BCUT2D eigenvalue weighted by atomic mass is 10.7. The van der Waals surface area contributed by atoms with E-state index in [-0.39, 0.29) is 5.18 Å². The van der Waals surface area contributed by atoms with Crippen LogP contribution in [-0.2, 0) is 4.74 Å². The molecule has 1 fully saturated rings. The molecule has 1 aliphatic rings. The number of thioether (sulfide) groups is 1. The molecule has 1 saturated heterocycles. The average molecular weight is 162 g/mol. The first-order valence-corrected chi connectivity index (χ1v) is 4.74. The zero-order valence-corrected chi connectivity index (χ0v) is 7.25. The molecule has 60 valence electrons. The first-order valence-electron chi connectivity index (χ1n) is 3.52. The van der Waals surface area contributed by atoms with Gasteiger partial charge in [0.15, 0.2) is 0 Å². The summed E-state index contributed by atoms with van der Waals surface area (Å²) in [4.78, 5) is 0. The zero-order valence-electron chi connectivity index (χ0n) is 6.44. The van der Waals surface area contributed by atoms with E-state index in [0.717, 1.165) is 19.7 Å².